The quantitative estimate of drug-likeness (QED) is 0.712. The fourth-order valence-electron chi connectivity index (χ4n) is 1.16. The molecule has 0 saturated carbocycles. The summed E-state index contributed by atoms with van der Waals surface area (Å²) in [7, 11) is 1.33. The number of nitrogens with one attached hydrogen (secondary N) is 1. The molecule has 0 aliphatic carbocycles. The molecule has 0 fully saturated rings. The Balaban J connectivity index is 4.40. The van der Waals surface area contributed by atoms with Gasteiger partial charge in [0.15, 0.2) is 0 Å². The number of amides is 1. The Bertz CT molecular complexity index is 293. The van der Waals surface area contributed by atoms with Crippen LogP contribution in [0.3, 0.4) is 0 Å². The monoisotopic (exact) mass is 244 g/mol. The maximum Gasteiger partial charge on any atom is 0.313 e. The number of hydrogen-bond acceptors (Lipinski definition) is 4. The lowest BCUT2D eigenvalue weighted by atomic mass is 9.86. The zero-order valence-corrected chi connectivity index (χ0v) is 11.6. The van der Waals surface area contributed by atoms with Crippen molar-refractivity contribution in [3.8, 4) is 0 Å². The van der Waals surface area contributed by atoms with E-state index in [4.69, 9.17) is 5.73 Å². The molecule has 0 aliphatic rings. The van der Waals surface area contributed by atoms with E-state index in [1.54, 1.807) is 13.8 Å². The Morgan fingerprint density at radius 2 is 1.71 bits per heavy atom. The molecule has 5 nitrogen and oxygen atoms in total. The second-order valence-corrected chi connectivity index (χ2v) is 5.94. The molecule has 5 heteroatoms. The van der Waals surface area contributed by atoms with Gasteiger partial charge in [-0.05, 0) is 19.3 Å². The van der Waals surface area contributed by atoms with Gasteiger partial charge in [0, 0.05) is 6.54 Å². The number of carbonyl (C=O) groups excluding carboxylic acids is 2. The van der Waals surface area contributed by atoms with Crippen molar-refractivity contribution in [3.05, 3.63) is 0 Å². The number of methoxy groups -OCH3 is 1. The normalized spacial score (nSPS) is 14.1. The van der Waals surface area contributed by atoms with Crippen LogP contribution in [0.2, 0.25) is 0 Å². The van der Waals surface area contributed by atoms with Gasteiger partial charge in [0.1, 0.15) is 0 Å². The van der Waals surface area contributed by atoms with Crippen molar-refractivity contribution in [3.63, 3.8) is 0 Å². The van der Waals surface area contributed by atoms with Crippen LogP contribution in [0.15, 0.2) is 0 Å². The molecular weight excluding hydrogens is 220 g/mol. The summed E-state index contributed by atoms with van der Waals surface area (Å²) in [5.74, 6) is -0.614. The predicted molar refractivity (Wildman–Crippen MR) is 66.2 cm³/mol. The fraction of sp³-hybridized carbons (Fsp3) is 0.833. The van der Waals surface area contributed by atoms with E-state index in [2.05, 4.69) is 10.1 Å². The van der Waals surface area contributed by atoms with Crippen molar-refractivity contribution in [2.75, 3.05) is 13.7 Å². The summed E-state index contributed by atoms with van der Waals surface area (Å²) < 4.78 is 4.65. The number of esters is 1. The molecule has 0 heterocycles. The van der Waals surface area contributed by atoms with Crippen LogP contribution in [-0.4, -0.2) is 31.6 Å². The highest BCUT2D eigenvalue weighted by atomic mass is 16.5. The van der Waals surface area contributed by atoms with E-state index in [0.29, 0.717) is 0 Å². The van der Waals surface area contributed by atoms with Crippen LogP contribution in [0.4, 0.5) is 0 Å². The van der Waals surface area contributed by atoms with E-state index >= 15 is 0 Å². The lowest BCUT2D eigenvalue weighted by Crippen LogP contribution is -2.51. The van der Waals surface area contributed by atoms with Crippen molar-refractivity contribution in [1.29, 1.82) is 0 Å². The molecule has 0 aromatic carbocycles. The van der Waals surface area contributed by atoms with E-state index in [1.165, 1.54) is 7.11 Å². The minimum absolute atomic E-state index is 0.211. The van der Waals surface area contributed by atoms with Crippen LogP contribution < -0.4 is 11.1 Å². The molecule has 0 aromatic heterocycles. The molecule has 17 heavy (non-hydrogen) atoms. The van der Waals surface area contributed by atoms with E-state index in [-0.39, 0.29) is 23.8 Å². The summed E-state index contributed by atoms with van der Waals surface area (Å²) in [4.78, 5) is 23.2. The Morgan fingerprint density at radius 3 is 2.06 bits per heavy atom. The Hall–Kier alpha value is -1.10. The Morgan fingerprint density at radius 1 is 1.24 bits per heavy atom. The minimum Gasteiger partial charge on any atom is -0.469 e. The smallest absolute Gasteiger partial charge is 0.313 e. The first-order chi connectivity index (χ1) is 7.52. The summed E-state index contributed by atoms with van der Waals surface area (Å²) >= 11 is 0. The van der Waals surface area contributed by atoms with E-state index in [9.17, 15) is 9.59 Å². The number of rotatable bonds is 4. The molecule has 0 aliphatic heterocycles. The third-order valence-corrected chi connectivity index (χ3v) is 2.66. The van der Waals surface area contributed by atoms with Crippen LogP contribution in [-0.2, 0) is 14.3 Å². The fourth-order valence-corrected chi connectivity index (χ4v) is 1.16. The second kappa shape index (κ2) is 5.49. The molecule has 0 spiro atoms. The van der Waals surface area contributed by atoms with Gasteiger partial charge >= 0.3 is 5.97 Å². The minimum atomic E-state index is -0.748. The van der Waals surface area contributed by atoms with Crippen molar-refractivity contribution < 1.29 is 14.3 Å². The third kappa shape index (κ3) is 4.73. The van der Waals surface area contributed by atoms with E-state index in [1.807, 2.05) is 20.8 Å². The Kier molecular flexibility index (Phi) is 5.13. The SMILES string of the molecule is COC(=O)C(C)(C)CNC(=O)[C@@H](N)C(C)(C)C. The van der Waals surface area contributed by atoms with Gasteiger partial charge in [-0.2, -0.15) is 0 Å². The van der Waals surface area contributed by atoms with Crippen LogP contribution in [0.5, 0.6) is 0 Å². The lowest BCUT2D eigenvalue weighted by Gasteiger charge is -2.28. The van der Waals surface area contributed by atoms with Crippen molar-refractivity contribution in [1.82, 2.24) is 5.32 Å². The van der Waals surface area contributed by atoms with Crippen LogP contribution in [0.25, 0.3) is 0 Å². The molecule has 0 unspecified atom stereocenters. The number of hydrogen-bond donors (Lipinski definition) is 2. The standard InChI is InChI=1S/C12H24N2O3/c1-11(2,3)8(13)9(15)14-7-12(4,5)10(16)17-6/h8H,7,13H2,1-6H3,(H,14,15)/t8-/m1/s1. The molecule has 1 amide bonds. The van der Waals surface area contributed by atoms with Crippen LogP contribution >= 0.6 is 0 Å². The average molecular weight is 244 g/mol. The van der Waals surface area contributed by atoms with Crippen molar-refractivity contribution in [2.45, 2.75) is 40.7 Å². The van der Waals surface area contributed by atoms with E-state index in [0.717, 1.165) is 0 Å². The van der Waals surface area contributed by atoms with Crippen molar-refractivity contribution in [2.24, 2.45) is 16.6 Å². The predicted octanol–water partition coefficient (Wildman–Crippen LogP) is 0.675. The van der Waals surface area contributed by atoms with Gasteiger partial charge < -0.3 is 15.8 Å². The number of nitrogens with two attached hydrogens (primary N) is 1. The molecule has 0 bridgehead atoms. The van der Waals surface area contributed by atoms with Gasteiger partial charge in [-0.25, -0.2) is 0 Å². The van der Waals surface area contributed by atoms with Gasteiger partial charge in [-0.15, -0.1) is 0 Å². The second-order valence-electron chi connectivity index (χ2n) is 5.94. The number of carbonyl (C=O) groups is 2. The molecule has 0 aromatic rings. The Labute approximate surface area is 103 Å². The van der Waals surface area contributed by atoms with Gasteiger partial charge in [0.05, 0.1) is 18.6 Å². The van der Waals surface area contributed by atoms with Crippen LogP contribution in [0.1, 0.15) is 34.6 Å². The highest BCUT2D eigenvalue weighted by Crippen LogP contribution is 2.19. The highest BCUT2D eigenvalue weighted by Gasteiger charge is 2.32. The average Bonchev–Trinajstić information content (AvgIpc) is 2.22. The number of ether oxygens (including phenoxy) is 1. The summed E-state index contributed by atoms with van der Waals surface area (Å²) in [5, 5.41) is 2.68. The van der Waals surface area contributed by atoms with E-state index < -0.39 is 11.5 Å². The van der Waals surface area contributed by atoms with Gasteiger partial charge in [-0.1, -0.05) is 20.8 Å². The van der Waals surface area contributed by atoms with Gasteiger partial charge in [0.25, 0.3) is 0 Å². The van der Waals surface area contributed by atoms with Crippen LogP contribution in [0, 0.1) is 10.8 Å². The molecule has 0 saturated heterocycles. The molecule has 0 rings (SSSR count). The summed E-state index contributed by atoms with van der Waals surface area (Å²) in [6.07, 6.45) is 0. The molecule has 100 valence electrons. The zero-order chi connectivity index (χ0) is 13.9. The van der Waals surface area contributed by atoms with Gasteiger partial charge in [-0.3, -0.25) is 9.59 Å². The topological polar surface area (TPSA) is 81.4 Å². The summed E-state index contributed by atoms with van der Waals surface area (Å²) in [6, 6.07) is -0.601. The lowest BCUT2D eigenvalue weighted by molar-refractivity contribution is -0.150. The molecule has 0 radical (unpaired) electrons. The first-order valence-corrected chi connectivity index (χ1v) is 5.64. The third-order valence-electron chi connectivity index (χ3n) is 2.66. The molecule has 1 atom stereocenters. The maximum absolute atomic E-state index is 11.8. The first-order valence-electron chi connectivity index (χ1n) is 5.64. The first kappa shape index (κ1) is 15.9. The maximum atomic E-state index is 11.8. The van der Waals surface area contributed by atoms with Gasteiger partial charge in [0.2, 0.25) is 5.91 Å². The molecule has 3 N–H and O–H groups in total. The van der Waals surface area contributed by atoms with Crippen molar-refractivity contribution >= 4 is 11.9 Å². The summed E-state index contributed by atoms with van der Waals surface area (Å²) in [6.45, 7) is 9.31. The molecular formula is C12H24N2O3. The zero-order valence-electron chi connectivity index (χ0n) is 11.6. The summed E-state index contributed by atoms with van der Waals surface area (Å²) in [5.41, 5.74) is 4.75. The largest absolute Gasteiger partial charge is 0.469 e. The highest BCUT2D eigenvalue weighted by molar-refractivity contribution is 5.83.